The lowest BCUT2D eigenvalue weighted by molar-refractivity contribution is -0.305. The predicted molar refractivity (Wildman–Crippen MR) is 265 cm³/mol. The van der Waals surface area contributed by atoms with Crippen molar-refractivity contribution in [2.24, 2.45) is 0 Å². The first-order valence-electron chi connectivity index (χ1n) is 26.4. The van der Waals surface area contributed by atoms with Gasteiger partial charge in [-0.3, -0.25) is 4.79 Å². The van der Waals surface area contributed by atoms with Crippen molar-refractivity contribution in [3.8, 4) is 0 Å². The second-order valence-electron chi connectivity index (χ2n) is 17.9. The molecule has 0 aliphatic carbocycles. The molecule has 9 heteroatoms. The van der Waals surface area contributed by atoms with Crippen LogP contribution in [-0.2, 0) is 23.7 Å². The summed E-state index contributed by atoms with van der Waals surface area (Å²) in [6.45, 7) is 4.41. The van der Waals surface area contributed by atoms with E-state index in [9.17, 15) is 25.2 Å². The lowest BCUT2D eigenvalue weighted by Crippen LogP contribution is -2.59. The summed E-state index contributed by atoms with van der Waals surface area (Å²) in [7, 11) is 0. The lowest BCUT2D eigenvalue weighted by Gasteiger charge is -2.39. The zero-order chi connectivity index (χ0) is 46.4. The van der Waals surface area contributed by atoms with E-state index in [0.717, 1.165) is 83.5 Å². The van der Waals surface area contributed by atoms with Crippen molar-refractivity contribution in [3.05, 3.63) is 60.8 Å². The maximum Gasteiger partial charge on any atom is 0.306 e. The summed E-state index contributed by atoms with van der Waals surface area (Å²) in [4.78, 5) is 12.9. The van der Waals surface area contributed by atoms with E-state index in [1.807, 2.05) is 0 Å². The van der Waals surface area contributed by atoms with Gasteiger partial charge >= 0.3 is 5.97 Å². The molecule has 9 nitrogen and oxygen atoms in total. The Morgan fingerprint density at radius 3 is 1.44 bits per heavy atom. The van der Waals surface area contributed by atoms with E-state index in [-0.39, 0.29) is 19.2 Å². The van der Waals surface area contributed by atoms with Gasteiger partial charge in [0.15, 0.2) is 6.29 Å². The predicted octanol–water partition coefficient (Wildman–Crippen LogP) is 13.0. The fourth-order valence-corrected chi connectivity index (χ4v) is 7.87. The van der Waals surface area contributed by atoms with E-state index in [1.165, 1.54) is 116 Å². The van der Waals surface area contributed by atoms with Crippen LogP contribution in [0.3, 0.4) is 0 Å². The zero-order valence-corrected chi connectivity index (χ0v) is 41.0. The number of hydrogen-bond donors (Lipinski definition) is 4. The molecule has 64 heavy (non-hydrogen) atoms. The Hall–Kier alpha value is -2.11. The van der Waals surface area contributed by atoms with Gasteiger partial charge < -0.3 is 39.4 Å². The second kappa shape index (κ2) is 46.0. The average Bonchev–Trinajstić information content (AvgIpc) is 3.30. The maximum atomic E-state index is 12.9. The molecular formula is C55H98O9. The van der Waals surface area contributed by atoms with Gasteiger partial charge in [-0.05, 0) is 57.8 Å². The number of carbonyl (C=O) groups excluding carboxylic acids is 1. The van der Waals surface area contributed by atoms with Gasteiger partial charge in [-0.1, -0.05) is 216 Å². The summed E-state index contributed by atoms with van der Waals surface area (Å²) in [5.74, 6) is -0.321. The number of rotatable bonds is 45. The zero-order valence-electron chi connectivity index (χ0n) is 41.0. The third kappa shape index (κ3) is 36.1. The molecule has 0 spiro atoms. The highest BCUT2D eigenvalue weighted by molar-refractivity contribution is 5.69. The summed E-state index contributed by atoms with van der Waals surface area (Å²) in [6, 6.07) is 0. The van der Waals surface area contributed by atoms with E-state index in [4.69, 9.17) is 18.9 Å². The van der Waals surface area contributed by atoms with Crippen molar-refractivity contribution in [3.63, 3.8) is 0 Å². The highest BCUT2D eigenvalue weighted by Gasteiger charge is 2.44. The van der Waals surface area contributed by atoms with Crippen molar-refractivity contribution in [1.82, 2.24) is 0 Å². The van der Waals surface area contributed by atoms with Crippen molar-refractivity contribution in [1.29, 1.82) is 0 Å². The van der Waals surface area contributed by atoms with Crippen LogP contribution >= 0.6 is 0 Å². The van der Waals surface area contributed by atoms with Crippen molar-refractivity contribution in [2.45, 2.75) is 256 Å². The number of allylic oxidation sites excluding steroid dienone is 10. The number of carbonyl (C=O) groups is 1. The maximum absolute atomic E-state index is 12.9. The van der Waals surface area contributed by atoms with Crippen molar-refractivity contribution < 1.29 is 44.2 Å². The van der Waals surface area contributed by atoms with Gasteiger partial charge in [0.05, 0.1) is 19.8 Å². The van der Waals surface area contributed by atoms with Gasteiger partial charge in [0.25, 0.3) is 0 Å². The molecule has 1 saturated heterocycles. The molecule has 4 N–H and O–H groups in total. The first-order valence-corrected chi connectivity index (χ1v) is 26.4. The van der Waals surface area contributed by atoms with Crippen molar-refractivity contribution in [2.75, 3.05) is 26.4 Å². The lowest BCUT2D eigenvalue weighted by atomic mass is 9.99. The normalized spacial score (nSPS) is 20.0. The Morgan fingerprint density at radius 1 is 0.516 bits per heavy atom. The molecule has 0 aromatic rings. The minimum absolute atomic E-state index is 0.124. The van der Waals surface area contributed by atoms with Crippen LogP contribution in [0.2, 0.25) is 0 Å². The standard InChI is InChI=1S/C55H98O9/c1-3-5-7-9-11-13-15-17-19-21-23-25-26-28-30-32-34-36-38-40-42-44-51(57)63-49(48-62-55-54(60)53(59)52(58)50(46-56)64-55)47-61-45-43-41-39-37-35-33-31-29-27-24-22-20-18-16-14-12-10-8-6-4-2/h6,8,12,14,18,20,24,27,31,33,49-50,52-56,58-60H,3-5,7,9-11,13,15-17,19,21-23,25-26,28-30,32,34-48H2,1-2H3/b8-6-,14-12-,20-18-,27-24-,33-31-. The molecule has 0 aromatic carbocycles. The summed E-state index contributed by atoms with van der Waals surface area (Å²) < 4.78 is 22.9. The summed E-state index contributed by atoms with van der Waals surface area (Å²) >= 11 is 0. The molecule has 0 aromatic heterocycles. The van der Waals surface area contributed by atoms with Gasteiger partial charge in [0.1, 0.15) is 30.5 Å². The number of aliphatic hydroxyl groups excluding tert-OH is 4. The van der Waals surface area contributed by atoms with Gasteiger partial charge in [0.2, 0.25) is 0 Å². The largest absolute Gasteiger partial charge is 0.457 e. The molecule has 6 atom stereocenters. The minimum Gasteiger partial charge on any atom is -0.457 e. The van der Waals surface area contributed by atoms with Gasteiger partial charge in [-0.2, -0.15) is 0 Å². The number of hydrogen-bond acceptors (Lipinski definition) is 9. The molecule has 0 saturated carbocycles. The van der Waals surface area contributed by atoms with E-state index < -0.39 is 43.4 Å². The van der Waals surface area contributed by atoms with E-state index in [0.29, 0.717) is 13.0 Å². The molecule has 0 amide bonds. The average molecular weight is 903 g/mol. The number of aliphatic hydroxyl groups is 4. The Kier molecular flexibility index (Phi) is 43.1. The van der Waals surface area contributed by atoms with Crippen LogP contribution < -0.4 is 0 Å². The molecule has 1 aliphatic rings. The topological polar surface area (TPSA) is 135 Å². The summed E-state index contributed by atoms with van der Waals surface area (Å²) in [6.07, 6.45) is 52.6. The van der Waals surface area contributed by atoms with Crippen LogP contribution in [0.5, 0.6) is 0 Å². The highest BCUT2D eigenvalue weighted by atomic mass is 16.7. The summed E-state index contributed by atoms with van der Waals surface area (Å²) in [5, 5.41) is 40.3. The Balaban J connectivity index is 2.21. The Morgan fingerprint density at radius 2 is 0.953 bits per heavy atom. The van der Waals surface area contributed by atoms with Gasteiger partial charge in [-0.15, -0.1) is 0 Å². The van der Waals surface area contributed by atoms with Crippen LogP contribution in [0.25, 0.3) is 0 Å². The van der Waals surface area contributed by atoms with Crippen LogP contribution in [0.1, 0.15) is 219 Å². The first kappa shape index (κ1) is 59.9. The minimum atomic E-state index is -1.54. The fourth-order valence-electron chi connectivity index (χ4n) is 7.87. The second-order valence-corrected chi connectivity index (χ2v) is 17.9. The van der Waals surface area contributed by atoms with E-state index >= 15 is 0 Å². The number of unbranched alkanes of at least 4 members (excludes halogenated alkanes) is 24. The fraction of sp³-hybridized carbons (Fsp3) is 0.800. The number of ether oxygens (including phenoxy) is 4. The number of esters is 1. The smallest absolute Gasteiger partial charge is 0.306 e. The monoisotopic (exact) mass is 903 g/mol. The molecule has 1 heterocycles. The molecule has 1 rings (SSSR count). The van der Waals surface area contributed by atoms with Crippen LogP contribution in [0, 0.1) is 0 Å². The Bertz CT molecular complexity index is 1160. The van der Waals surface area contributed by atoms with Crippen molar-refractivity contribution >= 4 is 5.97 Å². The first-order chi connectivity index (χ1) is 31.4. The van der Waals surface area contributed by atoms with E-state index in [1.54, 1.807) is 0 Å². The van der Waals surface area contributed by atoms with E-state index in [2.05, 4.69) is 74.6 Å². The molecular weight excluding hydrogens is 805 g/mol. The molecule has 0 radical (unpaired) electrons. The quantitative estimate of drug-likeness (QED) is 0.0268. The Labute approximate surface area is 392 Å². The summed E-state index contributed by atoms with van der Waals surface area (Å²) in [5.41, 5.74) is 0. The van der Waals surface area contributed by atoms with Crippen LogP contribution in [0.15, 0.2) is 60.8 Å². The van der Waals surface area contributed by atoms with Crippen LogP contribution in [-0.4, -0.2) is 89.6 Å². The molecule has 6 unspecified atom stereocenters. The SMILES string of the molecule is CC/C=C\C/C=C\C/C=C\C/C=C\C/C=C\CCCCCCOCC(COC1OC(CO)C(O)C(O)C1O)OC(=O)CCCCCCCCCCCCCCCCCCCCCCC. The van der Waals surface area contributed by atoms with Gasteiger partial charge in [0, 0.05) is 13.0 Å². The molecule has 0 bridgehead atoms. The molecule has 372 valence electrons. The molecule has 1 fully saturated rings. The van der Waals surface area contributed by atoms with Gasteiger partial charge in [-0.25, -0.2) is 0 Å². The molecule has 1 aliphatic heterocycles. The third-order valence-electron chi connectivity index (χ3n) is 11.9. The van der Waals surface area contributed by atoms with Crippen LogP contribution in [0.4, 0.5) is 0 Å². The highest BCUT2D eigenvalue weighted by Crippen LogP contribution is 2.23. The third-order valence-corrected chi connectivity index (χ3v) is 11.9.